The first-order valence-corrected chi connectivity index (χ1v) is 12.6. The summed E-state index contributed by atoms with van der Waals surface area (Å²) < 4.78 is 0. The zero-order valence-electron chi connectivity index (χ0n) is 21.9. The molecule has 1 aromatic carbocycles. The van der Waals surface area contributed by atoms with Crippen LogP contribution in [-0.4, -0.2) is 76.8 Å². The minimum atomic E-state index is -0.665. The first kappa shape index (κ1) is 25.2. The molecule has 3 N–H and O–H groups in total. The van der Waals surface area contributed by atoms with E-state index in [9.17, 15) is 14.4 Å². The van der Waals surface area contributed by atoms with Gasteiger partial charge in [-0.25, -0.2) is 0 Å². The van der Waals surface area contributed by atoms with Gasteiger partial charge in [-0.05, 0) is 50.4 Å². The predicted molar refractivity (Wildman–Crippen MR) is 137 cm³/mol. The summed E-state index contributed by atoms with van der Waals surface area (Å²) in [6, 6.07) is 5.11. The van der Waals surface area contributed by atoms with E-state index in [1.54, 1.807) is 20.9 Å². The Hall–Kier alpha value is -2.87. The van der Waals surface area contributed by atoms with Crippen molar-refractivity contribution in [1.29, 1.82) is 0 Å². The Balaban J connectivity index is 1.71. The zero-order valence-corrected chi connectivity index (χ0v) is 21.9. The summed E-state index contributed by atoms with van der Waals surface area (Å²) in [4.78, 5) is 46.7. The Bertz CT molecular complexity index is 1130. The molecule has 0 unspecified atom stereocenters. The van der Waals surface area contributed by atoms with Crippen molar-refractivity contribution in [2.24, 2.45) is 5.41 Å². The summed E-state index contributed by atoms with van der Waals surface area (Å²) in [5.41, 5.74) is 2.90. The van der Waals surface area contributed by atoms with Crippen molar-refractivity contribution < 1.29 is 14.4 Å². The number of rotatable bonds is 5. The summed E-state index contributed by atoms with van der Waals surface area (Å²) in [6.45, 7) is 12.5. The van der Waals surface area contributed by atoms with Crippen molar-refractivity contribution >= 4 is 28.6 Å². The van der Waals surface area contributed by atoms with Crippen LogP contribution in [0.15, 0.2) is 24.4 Å². The SMILES string of the molecule is CN[C@@H](C)C(=O)N[C@H](C(=O)N1CC[C@@H]2[C@H]1[C@@H](c1c[nH]c3ccc(C)cc13)CN2C(C)=O)C(C)(C)C. The molecule has 8 heteroatoms. The van der Waals surface area contributed by atoms with E-state index < -0.39 is 17.5 Å². The monoisotopic (exact) mass is 481 g/mol. The van der Waals surface area contributed by atoms with Gasteiger partial charge < -0.3 is 25.4 Å². The van der Waals surface area contributed by atoms with Gasteiger partial charge in [-0.3, -0.25) is 14.4 Å². The largest absolute Gasteiger partial charge is 0.361 e. The number of aryl methyl sites for hydroxylation is 1. The van der Waals surface area contributed by atoms with Gasteiger partial charge in [-0.1, -0.05) is 32.4 Å². The third-order valence-electron chi connectivity index (χ3n) is 7.81. The van der Waals surface area contributed by atoms with Crippen molar-refractivity contribution in [2.75, 3.05) is 20.1 Å². The number of aromatic amines is 1. The van der Waals surface area contributed by atoms with Crippen molar-refractivity contribution in [3.63, 3.8) is 0 Å². The molecule has 190 valence electrons. The maximum atomic E-state index is 14.1. The van der Waals surface area contributed by atoms with Crippen LogP contribution in [0, 0.1) is 12.3 Å². The molecule has 0 spiro atoms. The van der Waals surface area contributed by atoms with Crippen LogP contribution in [0.4, 0.5) is 0 Å². The summed E-state index contributed by atoms with van der Waals surface area (Å²) in [5.74, 6) is -0.236. The van der Waals surface area contributed by atoms with E-state index in [1.165, 1.54) is 5.56 Å². The average Bonchev–Trinajstić information content (AvgIpc) is 3.49. The normalized spacial score (nSPS) is 23.9. The highest BCUT2D eigenvalue weighted by Crippen LogP contribution is 2.44. The first-order valence-electron chi connectivity index (χ1n) is 12.6. The molecule has 2 fully saturated rings. The fraction of sp³-hybridized carbons (Fsp3) is 0.593. The topological polar surface area (TPSA) is 97.5 Å². The third-order valence-corrected chi connectivity index (χ3v) is 7.81. The number of aromatic nitrogens is 1. The molecule has 8 nitrogen and oxygen atoms in total. The van der Waals surface area contributed by atoms with Crippen LogP contribution >= 0.6 is 0 Å². The van der Waals surface area contributed by atoms with Crippen molar-refractivity contribution in [3.05, 3.63) is 35.5 Å². The van der Waals surface area contributed by atoms with Crippen LogP contribution in [-0.2, 0) is 14.4 Å². The molecule has 35 heavy (non-hydrogen) atoms. The van der Waals surface area contributed by atoms with Crippen molar-refractivity contribution in [1.82, 2.24) is 25.4 Å². The second kappa shape index (κ2) is 9.30. The number of hydrogen-bond donors (Lipinski definition) is 3. The number of hydrogen-bond acceptors (Lipinski definition) is 4. The van der Waals surface area contributed by atoms with Crippen molar-refractivity contribution in [3.8, 4) is 0 Å². The third kappa shape index (κ3) is 4.56. The van der Waals surface area contributed by atoms with E-state index in [4.69, 9.17) is 0 Å². The quantitative estimate of drug-likeness (QED) is 0.611. The van der Waals surface area contributed by atoms with Crippen LogP contribution in [0.1, 0.15) is 58.1 Å². The molecule has 2 aliphatic rings. The molecule has 2 aliphatic heterocycles. The second-order valence-corrected chi connectivity index (χ2v) is 11.3. The summed E-state index contributed by atoms with van der Waals surface area (Å²) in [6.07, 6.45) is 2.78. The number of nitrogens with zero attached hydrogens (tertiary/aromatic N) is 2. The van der Waals surface area contributed by atoms with Gasteiger partial charge in [0.1, 0.15) is 6.04 Å². The minimum Gasteiger partial charge on any atom is -0.361 e. The minimum absolute atomic E-state index is 0.00143. The number of amides is 3. The highest BCUT2D eigenvalue weighted by Gasteiger charge is 2.53. The molecular weight excluding hydrogens is 442 g/mol. The van der Waals surface area contributed by atoms with E-state index in [-0.39, 0.29) is 35.7 Å². The van der Waals surface area contributed by atoms with Crippen LogP contribution in [0.3, 0.4) is 0 Å². The summed E-state index contributed by atoms with van der Waals surface area (Å²) >= 11 is 0. The molecule has 3 amide bonds. The van der Waals surface area contributed by atoms with Gasteiger partial charge >= 0.3 is 0 Å². The van der Waals surface area contributed by atoms with Gasteiger partial charge in [-0.2, -0.15) is 0 Å². The van der Waals surface area contributed by atoms with Gasteiger partial charge in [0.25, 0.3) is 0 Å². The van der Waals surface area contributed by atoms with Gasteiger partial charge in [-0.15, -0.1) is 0 Å². The molecule has 3 heterocycles. The molecule has 0 bridgehead atoms. The van der Waals surface area contributed by atoms with Crippen molar-refractivity contribution in [2.45, 2.75) is 78.0 Å². The lowest BCUT2D eigenvalue weighted by Gasteiger charge is -2.37. The molecule has 0 radical (unpaired) electrons. The second-order valence-electron chi connectivity index (χ2n) is 11.3. The van der Waals surface area contributed by atoms with Crippen LogP contribution in [0.25, 0.3) is 10.9 Å². The fourth-order valence-corrected chi connectivity index (χ4v) is 5.76. The molecule has 4 rings (SSSR count). The Morgan fingerprint density at radius 1 is 1.17 bits per heavy atom. The molecule has 1 aromatic heterocycles. The van der Waals surface area contributed by atoms with Crippen LogP contribution < -0.4 is 10.6 Å². The number of carbonyl (C=O) groups is 3. The van der Waals surface area contributed by atoms with Crippen LogP contribution in [0.5, 0.6) is 0 Å². The summed E-state index contributed by atoms with van der Waals surface area (Å²) in [7, 11) is 1.73. The standard InChI is InChI=1S/C27H39N5O3/c1-15-8-9-21-18(12-15)19(13-29-21)20-14-32(17(3)33)22-10-11-31(23(20)22)26(35)24(27(4,5)6)30-25(34)16(2)28-7/h8-9,12-13,16,20,22-24,28-29H,10-11,14H2,1-7H3,(H,30,34)/t16-,20+,22+,23+,24+/m0/s1. The number of likely N-dealkylation sites (N-methyl/N-ethyl adjacent to an activating group) is 1. The van der Waals surface area contributed by atoms with Gasteiger partial charge in [0.15, 0.2) is 0 Å². The fourth-order valence-electron chi connectivity index (χ4n) is 5.76. The Morgan fingerprint density at radius 2 is 1.89 bits per heavy atom. The predicted octanol–water partition coefficient (Wildman–Crippen LogP) is 2.53. The molecule has 0 aliphatic carbocycles. The number of likely N-dealkylation sites (tertiary alicyclic amines) is 2. The number of nitrogens with one attached hydrogen (secondary N) is 3. The van der Waals surface area contributed by atoms with Crippen LogP contribution in [0.2, 0.25) is 0 Å². The molecule has 2 aromatic rings. The number of fused-ring (bicyclic) bond motifs is 2. The maximum absolute atomic E-state index is 14.1. The van der Waals surface area contributed by atoms with Gasteiger partial charge in [0.2, 0.25) is 17.7 Å². The highest BCUT2D eigenvalue weighted by molar-refractivity contribution is 5.91. The average molecular weight is 482 g/mol. The van der Waals surface area contributed by atoms with E-state index in [1.807, 2.05) is 36.8 Å². The van der Waals surface area contributed by atoms with E-state index in [0.717, 1.165) is 22.9 Å². The smallest absolute Gasteiger partial charge is 0.246 e. The van der Waals surface area contributed by atoms with Gasteiger partial charge in [0.05, 0.1) is 18.1 Å². The Morgan fingerprint density at radius 3 is 2.51 bits per heavy atom. The molecule has 2 saturated heterocycles. The lowest BCUT2D eigenvalue weighted by atomic mass is 9.84. The van der Waals surface area contributed by atoms with Gasteiger partial charge in [0, 0.05) is 43.0 Å². The Kier molecular flexibility index (Phi) is 6.70. The Labute approximate surface area is 207 Å². The summed E-state index contributed by atoms with van der Waals surface area (Å²) in [5, 5.41) is 7.09. The van der Waals surface area contributed by atoms with E-state index in [0.29, 0.717) is 13.1 Å². The number of benzene rings is 1. The maximum Gasteiger partial charge on any atom is 0.246 e. The number of carbonyl (C=O) groups excluding carboxylic acids is 3. The molecular formula is C27H39N5O3. The van der Waals surface area contributed by atoms with E-state index >= 15 is 0 Å². The highest BCUT2D eigenvalue weighted by atomic mass is 16.2. The molecule has 0 saturated carbocycles. The van der Waals surface area contributed by atoms with E-state index in [2.05, 4.69) is 40.7 Å². The zero-order chi connectivity index (χ0) is 25.7. The lowest BCUT2D eigenvalue weighted by Crippen LogP contribution is -2.59. The lowest BCUT2D eigenvalue weighted by molar-refractivity contribution is -0.141. The first-order chi connectivity index (χ1) is 16.4. The molecule has 5 atom stereocenters. The number of H-pyrrole nitrogens is 1.